The number of fused-ring (bicyclic) bond motifs is 1. The largest absolute Gasteiger partial charge is 0.206 e. The second-order valence-electron chi connectivity index (χ2n) is 7.45. The highest BCUT2D eigenvalue weighted by molar-refractivity contribution is 5.91. The maximum atomic E-state index is 14.9. The van der Waals surface area contributed by atoms with Crippen molar-refractivity contribution in [2.24, 2.45) is 0 Å². The number of hydrogen-bond acceptors (Lipinski definition) is 0. The second-order valence-corrected chi connectivity index (χ2v) is 7.45. The Morgan fingerprint density at radius 2 is 1.56 bits per heavy atom. The fraction of sp³-hybridized carbons (Fsp3) is 0.185. The molecule has 0 saturated carbocycles. The van der Waals surface area contributed by atoms with Crippen LogP contribution in [0.4, 0.5) is 22.0 Å². The summed E-state index contributed by atoms with van der Waals surface area (Å²) in [6.07, 6.45) is 7.79. The summed E-state index contributed by atoms with van der Waals surface area (Å²) < 4.78 is 73.7. The Balaban J connectivity index is 2.01. The van der Waals surface area contributed by atoms with Crippen LogP contribution in [0.15, 0.2) is 67.3 Å². The average Bonchev–Trinajstić information content (AvgIpc) is 2.80. The van der Waals surface area contributed by atoms with Crippen molar-refractivity contribution in [2.75, 3.05) is 0 Å². The normalized spacial score (nSPS) is 12.4. The minimum atomic E-state index is -1.63. The van der Waals surface area contributed by atoms with E-state index < -0.39 is 40.1 Å². The van der Waals surface area contributed by atoms with Crippen molar-refractivity contribution < 1.29 is 22.0 Å². The van der Waals surface area contributed by atoms with Crippen LogP contribution < -0.4 is 0 Å². The molecule has 0 aliphatic carbocycles. The van der Waals surface area contributed by atoms with Crippen molar-refractivity contribution in [3.05, 3.63) is 107 Å². The fourth-order valence-corrected chi connectivity index (χ4v) is 3.51. The summed E-state index contributed by atoms with van der Waals surface area (Å²) in [4.78, 5) is 0. The Morgan fingerprint density at radius 1 is 0.844 bits per heavy atom. The Morgan fingerprint density at radius 3 is 2.22 bits per heavy atom. The number of halogens is 5. The van der Waals surface area contributed by atoms with Crippen molar-refractivity contribution in [2.45, 2.75) is 32.6 Å². The fourth-order valence-electron chi connectivity index (χ4n) is 3.51. The molecule has 0 nitrogen and oxygen atoms in total. The van der Waals surface area contributed by atoms with Crippen LogP contribution in [0.2, 0.25) is 0 Å². The van der Waals surface area contributed by atoms with Gasteiger partial charge in [-0.1, -0.05) is 54.6 Å². The van der Waals surface area contributed by atoms with E-state index in [9.17, 15) is 22.0 Å². The first-order valence-electron chi connectivity index (χ1n) is 10.3. The lowest BCUT2D eigenvalue weighted by Gasteiger charge is -2.11. The molecule has 5 heteroatoms. The third-order valence-corrected chi connectivity index (χ3v) is 5.29. The Bertz CT molecular complexity index is 1190. The van der Waals surface area contributed by atoms with Gasteiger partial charge in [0.15, 0.2) is 23.3 Å². The average molecular weight is 442 g/mol. The van der Waals surface area contributed by atoms with Gasteiger partial charge in [-0.05, 0) is 55.2 Å². The summed E-state index contributed by atoms with van der Waals surface area (Å²) >= 11 is 0. The molecule has 0 saturated heterocycles. The van der Waals surface area contributed by atoms with Gasteiger partial charge in [0.25, 0.3) is 0 Å². The van der Waals surface area contributed by atoms with E-state index in [1.54, 1.807) is 18.2 Å². The topological polar surface area (TPSA) is 0 Å². The summed E-state index contributed by atoms with van der Waals surface area (Å²) in [5.74, 6) is -6.94. The molecule has 0 N–H and O–H groups in total. The molecule has 0 atom stereocenters. The molecule has 0 amide bonds. The van der Waals surface area contributed by atoms with Crippen LogP contribution in [0.1, 0.15) is 42.0 Å². The highest BCUT2D eigenvalue weighted by atomic mass is 19.2. The van der Waals surface area contributed by atoms with Gasteiger partial charge in [0, 0.05) is 5.56 Å². The Kier molecular flexibility index (Phi) is 7.62. The smallest absolute Gasteiger partial charge is 0.170 e. The van der Waals surface area contributed by atoms with E-state index in [-0.39, 0.29) is 22.9 Å². The van der Waals surface area contributed by atoms with Gasteiger partial charge in [0.1, 0.15) is 5.82 Å². The molecule has 3 aromatic carbocycles. The van der Waals surface area contributed by atoms with Crippen LogP contribution in [0.3, 0.4) is 0 Å². The first-order chi connectivity index (χ1) is 15.4. The summed E-state index contributed by atoms with van der Waals surface area (Å²) in [7, 11) is 0. The number of aryl methyl sites for hydroxylation is 2. The lowest BCUT2D eigenvalue weighted by atomic mass is 9.98. The molecule has 0 aliphatic rings. The molecule has 0 radical (unpaired) electrons. The predicted octanol–water partition coefficient (Wildman–Crippen LogP) is 8.65. The van der Waals surface area contributed by atoms with E-state index in [1.807, 2.05) is 19.1 Å². The highest BCUT2D eigenvalue weighted by Crippen LogP contribution is 2.35. The first kappa shape index (κ1) is 23.5. The minimum Gasteiger partial charge on any atom is -0.206 e. The molecule has 32 heavy (non-hydrogen) atoms. The molecule has 0 spiro atoms. The first-order valence-corrected chi connectivity index (χ1v) is 10.3. The van der Waals surface area contributed by atoms with Crippen LogP contribution >= 0.6 is 0 Å². The maximum absolute atomic E-state index is 14.9. The van der Waals surface area contributed by atoms with Crippen molar-refractivity contribution in [3.8, 4) is 0 Å². The van der Waals surface area contributed by atoms with Crippen LogP contribution in [0, 0.1) is 17.5 Å². The third kappa shape index (κ3) is 4.82. The van der Waals surface area contributed by atoms with Crippen molar-refractivity contribution in [1.82, 2.24) is 0 Å². The molecule has 166 valence electrons. The number of benzene rings is 3. The molecule has 3 rings (SSSR count). The van der Waals surface area contributed by atoms with Gasteiger partial charge in [-0.2, -0.15) is 0 Å². The molecular formula is C27H23F5. The summed E-state index contributed by atoms with van der Waals surface area (Å²) in [6.45, 7) is 5.47. The van der Waals surface area contributed by atoms with Crippen LogP contribution in [0.5, 0.6) is 0 Å². The maximum Gasteiger partial charge on any atom is 0.170 e. The van der Waals surface area contributed by atoms with Crippen molar-refractivity contribution >= 4 is 22.4 Å². The monoisotopic (exact) mass is 442 g/mol. The van der Waals surface area contributed by atoms with Gasteiger partial charge in [0.05, 0.1) is 10.9 Å². The SMILES string of the molecule is C=CCCc1ccc2cc(C(F)=C(F)c3ccc(CC/C=C/C)cc3)c(F)c(F)c2c1F. The summed E-state index contributed by atoms with van der Waals surface area (Å²) in [6, 6.07) is 9.81. The van der Waals surface area contributed by atoms with Gasteiger partial charge in [0.2, 0.25) is 0 Å². The number of allylic oxidation sites excluding steroid dienone is 3. The second kappa shape index (κ2) is 10.4. The highest BCUT2D eigenvalue weighted by Gasteiger charge is 2.23. The van der Waals surface area contributed by atoms with Crippen molar-refractivity contribution in [1.29, 1.82) is 0 Å². The summed E-state index contributed by atoms with van der Waals surface area (Å²) in [5.41, 5.74) is 0.150. The van der Waals surface area contributed by atoms with E-state index in [2.05, 4.69) is 6.58 Å². The molecular weight excluding hydrogens is 419 g/mol. The standard InChI is InChI=1S/C27H23F5/c1-3-5-7-8-17-10-12-19(13-11-17)24(29)25(30)21-16-20-15-14-18(9-6-4-2)23(28)22(20)27(32)26(21)31/h3-5,10-16H,2,6-9H2,1H3/b5-3+,25-24?. The van der Waals surface area contributed by atoms with E-state index >= 15 is 0 Å². The van der Waals surface area contributed by atoms with Crippen LogP contribution in [-0.2, 0) is 12.8 Å². The quantitative estimate of drug-likeness (QED) is 0.186. The summed E-state index contributed by atoms with van der Waals surface area (Å²) in [5, 5.41) is -0.632. The van der Waals surface area contributed by atoms with Gasteiger partial charge < -0.3 is 0 Å². The molecule has 0 bridgehead atoms. The van der Waals surface area contributed by atoms with Gasteiger partial charge in [-0.3, -0.25) is 0 Å². The van der Waals surface area contributed by atoms with E-state index in [0.717, 1.165) is 24.5 Å². The molecule has 0 aromatic heterocycles. The zero-order valence-electron chi connectivity index (χ0n) is 17.7. The molecule has 0 unspecified atom stereocenters. The molecule has 0 aliphatic heterocycles. The molecule has 0 heterocycles. The Hall–Kier alpha value is -3.21. The lowest BCUT2D eigenvalue weighted by Crippen LogP contribution is -2.00. The zero-order valence-corrected chi connectivity index (χ0v) is 17.7. The van der Waals surface area contributed by atoms with E-state index in [1.165, 1.54) is 24.3 Å². The van der Waals surface area contributed by atoms with Crippen molar-refractivity contribution in [3.63, 3.8) is 0 Å². The van der Waals surface area contributed by atoms with E-state index in [0.29, 0.717) is 6.42 Å². The number of hydrogen-bond donors (Lipinski definition) is 0. The van der Waals surface area contributed by atoms with Gasteiger partial charge in [-0.25, -0.2) is 22.0 Å². The third-order valence-electron chi connectivity index (χ3n) is 5.29. The minimum absolute atomic E-state index is 0.0546. The van der Waals surface area contributed by atoms with E-state index in [4.69, 9.17) is 0 Å². The number of rotatable bonds is 8. The molecule has 0 fully saturated rings. The van der Waals surface area contributed by atoms with Gasteiger partial charge in [-0.15, -0.1) is 6.58 Å². The van der Waals surface area contributed by atoms with Gasteiger partial charge >= 0.3 is 0 Å². The predicted molar refractivity (Wildman–Crippen MR) is 121 cm³/mol. The molecule has 3 aromatic rings. The van der Waals surface area contributed by atoms with Crippen LogP contribution in [0.25, 0.3) is 22.4 Å². The zero-order chi connectivity index (χ0) is 23.3. The van der Waals surface area contributed by atoms with Crippen LogP contribution in [-0.4, -0.2) is 0 Å². The Labute approximate surface area is 184 Å². The lowest BCUT2D eigenvalue weighted by molar-refractivity contribution is 0.505.